The van der Waals surface area contributed by atoms with Crippen molar-refractivity contribution >= 4 is 32.6 Å². The molecule has 4 rings (SSSR count). The molecule has 3 aromatic carbocycles. The van der Waals surface area contributed by atoms with Gasteiger partial charge in [0.2, 0.25) is 6.10 Å². The summed E-state index contributed by atoms with van der Waals surface area (Å²) in [4.78, 5) is 17.7. The van der Waals surface area contributed by atoms with Crippen LogP contribution in [0.1, 0.15) is 17.2 Å². The average molecular weight is 461 g/mol. The van der Waals surface area contributed by atoms with Crippen molar-refractivity contribution in [3.63, 3.8) is 0 Å². The second-order valence-corrected chi connectivity index (χ2v) is 7.94. The standard InChI is InChI=1S/C24H19N3O5S/c1-30-19-11-18-21(12-20(19)31-2)33-24(26-18)27-23(29)22(15-5-3-14(13-25)4-6-15)32-17-9-7-16(28)8-10-17/h3-12,22,28H,1-2H3,(H,26,27,29). The Bertz CT molecular complexity index is 1290. The van der Waals surface area contributed by atoms with E-state index in [1.165, 1.54) is 23.5 Å². The van der Waals surface area contributed by atoms with Gasteiger partial charge in [0.25, 0.3) is 5.91 Å². The van der Waals surface area contributed by atoms with Crippen LogP contribution in [0.25, 0.3) is 10.2 Å². The number of rotatable bonds is 7. The fourth-order valence-electron chi connectivity index (χ4n) is 3.15. The molecule has 4 aromatic rings. The van der Waals surface area contributed by atoms with E-state index in [0.717, 1.165) is 4.70 Å². The van der Waals surface area contributed by atoms with E-state index < -0.39 is 12.0 Å². The minimum atomic E-state index is -1.02. The minimum absolute atomic E-state index is 0.0852. The third-order valence-corrected chi connectivity index (χ3v) is 5.73. The molecule has 9 heteroatoms. The number of carbonyl (C=O) groups excluding carboxylic acids is 1. The number of aromatic nitrogens is 1. The molecular weight excluding hydrogens is 442 g/mol. The second kappa shape index (κ2) is 9.46. The summed E-state index contributed by atoms with van der Waals surface area (Å²) in [6.07, 6.45) is -1.02. The summed E-state index contributed by atoms with van der Waals surface area (Å²) in [5, 5.41) is 21.8. The maximum absolute atomic E-state index is 13.2. The van der Waals surface area contributed by atoms with Gasteiger partial charge in [0.05, 0.1) is 36.1 Å². The molecule has 1 heterocycles. The van der Waals surface area contributed by atoms with Crippen LogP contribution in [-0.4, -0.2) is 30.2 Å². The summed E-state index contributed by atoms with van der Waals surface area (Å²) in [5.74, 6) is 1.15. The SMILES string of the molecule is COc1cc2nc(NC(=O)C(Oc3ccc(O)cc3)c3ccc(C#N)cc3)sc2cc1OC. The summed E-state index contributed by atoms with van der Waals surface area (Å²) in [6.45, 7) is 0. The average Bonchev–Trinajstić information content (AvgIpc) is 3.23. The van der Waals surface area contributed by atoms with Gasteiger partial charge in [0, 0.05) is 17.7 Å². The number of phenols is 1. The maximum Gasteiger partial charge on any atom is 0.271 e. The van der Waals surface area contributed by atoms with Gasteiger partial charge in [-0.3, -0.25) is 10.1 Å². The first-order valence-electron chi connectivity index (χ1n) is 9.80. The first kappa shape index (κ1) is 21.9. The molecule has 0 saturated heterocycles. The van der Waals surface area contributed by atoms with Gasteiger partial charge in [0.15, 0.2) is 16.6 Å². The molecule has 1 amide bonds. The summed E-state index contributed by atoms with van der Waals surface area (Å²) < 4.78 is 17.4. The number of carbonyl (C=O) groups is 1. The normalized spacial score (nSPS) is 11.4. The van der Waals surface area contributed by atoms with Crippen molar-refractivity contribution in [2.45, 2.75) is 6.10 Å². The van der Waals surface area contributed by atoms with Crippen LogP contribution in [0.4, 0.5) is 5.13 Å². The van der Waals surface area contributed by atoms with Crippen molar-refractivity contribution in [1.82, 2.24) is 4.98 Å². The Morgan fingerprint density at radius 3 is 2.36 bits per heavy atom. The molecule has 2 N–H and O–H groups in total. The zero-order valence-corrected chi connectivity index (χ0v) is 18.6. The van der Waals surface area contributed by atoms with Crippen LogP contribution >= 0.6 is 11.3 Å². The predicted molar refractivity (Wildman–Crippen MR) is 124 cm³/mol. The molecule has 1 unspecified atom stereocenters. The second-order valence-electron chi connectivity index (χ2n) is 6.91. The fraction of sp³-hybridized carbons (Fsp3) is 0.125. The summed E-state index contributed by atoms with van der Waals surface area (Å²) in [6, 6.07) is 18.2. The van der Waals surface area contributed by atoms with Gasteiger partial charge in [-0.1, -0.05) is 23.5 Å². The van der Waals surface area contributed by atoms with Crippen LogP contribution < -0.4 is 19.5 Å². The van der Waals surface area contributed by atoms with Gasteiger partial charge >= 0.3 is 0 Å². The molecule has 33 heavy (non-hydrogen) atoms. The number of anilines is 1. The number of methoxy groups -OCH3 is 2. The quantitative estimate of drug-likeness (QED) is 0.412. The molecule has 0 spiro atoms. The van der Waals surface area contributed by atoms with E-state index in [0.29, 0.717) is 39.0 Å². The molecule has 166 valence electrons. The van der Waals surface area contributed by atoms with Gasteiger partial charge in [-0.25, -0.2) is 4.98 Å². The van der Waals surface area contributed by atoms with E-state index in [2.05, 4.69) is 16.4 Å². The van der Waals surface area contributed by atoms with E-state index in [9.17, 15) is 9.90 Å². The Kier molecular flexibility index (Phi) is 6.29. The molecule has 0 aliphatic carbocycles. The van der Waals surface area contributed by atoms with Crippen molar-refractivity contribution in [1.29, 1.82) is 5.26 Å². The van der Waals surface area contributed by atoms with Crippen molar-refractivity contribution in [2.24, 2.45) is 0 Å². The highest BCUT2D eigenvalue weighted by Gasteiger charge is 2.24. The third-order valence-electron chi connectivity index (χ3n) is 4.80. The number of phenolic OH excluding ortho intramolecular Hbond substituents is 1. The van der Waals surface area contributed by atoms with Crippen LogP contribution in [0.15, 0.2) is 60.7 Å². The van der Waals surface area contributed by atoms with Crippen LogP contribution in [0.2, 0.25) is 0 Å². The Balaban J connectivity index is 1.63. The topological polar surface area (TPSA) is 114 Å². The molecule has 1 atom stereocenters. The summed E-state index contributed by atoms with van der Waals surface area (Å²) >= 11 is 1.29. The fourth-order valence-corrected chi connectivity index (χ4v) is 4.02. The van der Waals surface area contributed by atoms with Crippen molar-refractivity contribution in [3.8, 4) is 29.1 Å². The number of nitriles is 1. The number of nitrogens with one attached hydrogen (secondary N) is 1. The molecule has 0 radical (unpaired) electrons. The largest absolute Gasteiger partial charge is 0.508 e. The van der Waals surface area contributed by atoms with Crippen molar-refractivity contribution in [2.75, 3.05) is 19.5 Å². The van der Waals surface area contributed by atoms with E-state index in [1.54, 1.807) is 62.8 Å². The van der Waals surface area contributed by atoms with Crippen molar-refractivity contribution < 1.29 is 24.1 Å². The zero-order chi connectivity index (χ0) is 23.4. The molecule has 0 aliphatic rings. The van der Waals surface area contributed by atoms with E-state index in [4.69, 9.17) is 19.5 Å². The lowest BCUT2D eigenvalue weighted by molar-refractivity contribution is -0.123. The molecule has 0 aliphatic heterocycles. The molecular formula is C24H19N3O5S. The van der Waals surface area contributed by atoms with Gasteiger partial charge in [-0.05, 0) is 36.4 Å². The highest BCUT2D eigenvalue weighted by atomic mass is 32.1. The zero-order valence-electron chi connectivity index (χ0n) is 17.7. The Morgan fingerprint density at radius 1 is 1.06 bits per heavy atom. The monoisotopic (exact) mass is 461 g/mol. The third kappa shape index (κ3) is 4.81. The lowest BCUT2D eigenvalue weighted by Gasteiger charge is -2.18. The van der Waals surface area contributed by atoms with E-state index in [1.807, 2.05) is 0 Å². The molecule has 8 nitrogen and oxygen atoms in total. The number of fused-ring (bicyclic) bond motifs is 1. The molecule has 1 aromatic heterocycles. The Labute approximate surface area is 193 Å². The lowest BCUT2D eigenvalue weighted by atomic mass is 10.1. The van der Waals surface area contributed by atoms with Crippen LogP contribution in [0, 0.1) is 11.3 Å². The first-order valence-corrected chi connectivity index (χ1v) is 10.6. The number of ether oxygens (including phenoxy) is 3. The Morgan fingerprint density at radius 2 is 1.73 bits per heavy atom. The van der Waals surface area contributed by atoms with E-state index in [-0.39, 0.29) is 5.75 Å². The summed E-state index contributed by atoms with van der Waals surface area (Å²) in [7, 11) is 3.10. The molecule has 0 fully saturated rings. The summed E-state index contributed by atoms with van der Waals surface area (Å²) in [5.41, 5.74) is 1.68. The number of amides is 1. The number of hydrogen-bond acceptors (Lipinski definition) is 8. The highest BCUT2D eigenvalue weighted by Crippen LogP contribution is 2.36. The van der Waals surface area contributed by atoms with Gasteiger partial charge in [-0.15, -0.1) is 0 Å². The number of aromatic hydroxyl groups is 1. The first-order chi connectivity index (χ1) is 16.0. The van der Waals surface area contributed by atoms with Crippen LogP contribution in [0.5, 0.6) is 23.0 Å². The highest BCUT2D eigenvalue weighted by molar-refractivity contribution is 7.22. The molecule has 0 bridgehead atoms. The van der Waals surface area contributed by atoms with E-state index >= 15 is 0 Å². The van der Waals surface area contributed by atoms with Gasteiger partial charge in [-0.2, -0.15) is 5.26 Å². The van der Waals surface area contributed by atoms with Gasteiger partial charge < -0.3 is 19.3 Å². The van der Waals surface area contributed by atoms with Gasteiger partial charge in [0.1, 0.15) is 11.5 Å². The van der Waals surface area contributed by atoms with Crippen LogP contribution in [0.3, 0.4) is 0 Å². The molecule has 0 saturated carbocycles. The maximum atomic E-state index is 13.2. The smallest absolute Gasteiger partial charge is 0.271 e. The van der Waals surface area contributed by atoms with Crippen LogP contribution in [-0.2, 0) is 4.79 Å². The van der Waals surface area contributed by atoms with Crippen molar-refractivity contribution in [3.05, 3.63) is 71.8 Å². The number of thiazole rings is 1. The number of nitrogens with zero attached hydrogens (tertiary/aromatic N) is 2. The minimum Gasteiger partial charge on any atom is -0.508 e. The number of hydrogen-bond donors (Lipinski definition) is 2. The Hall–Kier alpha value is -4.29. The lowest BCUT2D eigenvalue weighted by Crippen LogP contribution is -2.25. The number of benzene rings is 3. The predicted octanol–water partition coefficient (Wildman–Crippen LogP) is 4.65.